The smallest absolute Gasteiger partial charge is 0.316 e. The van der Waals surface area contributed by atoms with Crippen LogP contribution < -0.4 is 0 Å². The molecule has 0 unspecified atom stereocenters. The van der Waals surface area contributed by atoms with E-state index in [0.29, 0.717) is 5.16 Å². The molecule has 2 aliphatic rings. The second-order valence-electron chi connectivity index (χ2n) is 3.05. The Morgan fingerprint density at radius 2 is 1.88 bits per heavy atom. The van der Waals surface area contributed by atoms with Gasteiger partial charge in [0.1, 0.15) is 0 Å². The van der Waals surface area contributed by atoms with Gasteiger partial charge in [-0.25, -0.2) is 9.97 Å². The predicted octanol–water partition coefficient (Wildman–Crippen LogP) is 1.85. The number of aromatic nitrogens is 2. The highest BCUT2D eigenvalue weighted by atomic mass is 32.2. The summed E-state index contributed by atoms with van der Waals surface area (Å²) in [5.74, 6) is -0.0386. The number of methoxy groups -OCH3 is 1. The molecule has 0 spiro atoms. The zero-order valence-corrected chi connectivity index (χ0v) is 9.53. The number of hydrogen-bond acceptors (Lipinski definition) is 5. The molecule has 0 aromatic rings. The van der Waals surface area contributed by atoms with Gasteiger partial charge in [-0.2, -0.15) is 0 Å². The molecule has 0 fully saturated rings. The van der Waals surface area contributed by atoms with Crippen LogP contribution >= 0.6 is 11.8 Å². The van der Waals surface area contributed by atoms with E-state index in [9.17, 15) is 4.79 Å². The fraction of sp³-hybridized carbons (Fsp3) is 0.182. The monoisotopic (exact) mass is 234 g/mol. The van der Waals surface area contributed by atoms with E-state index in [0.717, 1.165) is 11.4 Å². The summed E-state index contributed by atoms with van der Waals surface area (Å²) in [7, 11) is 1.37. The van der Waals surface area contributed by atoms with Crippen molar-refractivity contribution >= 4 is 17.7 Å². The zero-order chi connectivity index (χ0) is 11.4. The van der Waals surface area contributed by atoms with Gasteiger partial charge in [-0.3, -0.25) is 4.79 Å². The Morgan fingerprint density at radius 1 is 1.25 bits per heavy atom. The lowest BCUT2D eigenvalue weighted by atomic mass is 10.3. The molecule has 0 saturated heterocycles. The SMILES string of the molecule is COC(=O)CSc1nc2cccccc-2n1. The minimum absolute atomic E-state index is 0.235. The highest BCUT2D eigenvalue weighted by Gasteiger charge is 2.10. The first-order valence-corrected chi connectivity index (χ1v) is 5.70. The molecule has 0 aromatic carbocycles. The van der Waals surface area contributed by atoms with Crippen LogP contribution in [0.5, 0.6) is 0 Å². The largest absolute Gasteiger partial charge is 0.468 e. The summed E-state index contributed by atoms with van der Waals surface area (Å²) in [6, 6.07) is 9.53. The van der Waals surface area contributed by atoms with Crippen molar-refractivity contribution in [3.05, 3.63) is 30.3 Å². The van der Waals surface area contributed by atoms with Crippen LogP contribution in [0.3, 0.4) is 0 Å². The van der Waals surface area contributed by atoms with Crippen molar-refractivity contribution in [2.75, 3.05) is 12.9 Å². The third-order valence-corrected chi connectivity index (χ3v) is 2.79. The highest BCUT2D eigenvalue weighted by molar-refractivity contribution is 7.99. The van der Waals surface area contributed by atoms with Crippen molar-refractivity contribution in [3.8, 4) is 11.4 Å². The summed E-state index contributed by atoms with van der Waals surface area (Å²) in [5.41, 5.74) is 1.66. The molecule has 2 rings (SSSR count). The molecule has 82 valence electrons. The molecule has 16 heavy (non-hydrogen) atoms. The molecule has 0 bridgehead atoms. The average molecular weight is 234 g/mol. The van der Waals surface area contributed by atoms with Crippen molar-refractivity contribution in [1.29, 1.82) is 0 Å². The molecule has 1 heterocycles. The molecule has 1 aliphatic heterocycles. The number of esters is 1. The lowest BCUT2D eigenvalue weighted by Gasteiger charge is -1.94. The first-order chi connectivity index (χ1) is 7.79. The zero-order valence-electron chi connectivity index (χ0n) is 8.71. The van der Waals surface area contributed by atoms with E-state index in [-0.39, 0.29) is 11.7 Å². The highest BCUT2D eigenvalue weighted by Crippen LogP contribution is 2.22. The number of rotatable bonds is 3. The maximum atomic E-state index is 11.0. The Balaban J connectivity index is 2.15. The summed E-state index contributed by atoms with van der Waals surface area (Å²) in [6.07, 6.45) is 0. The lowest BCUT2D eigenvalue weighted by molar-refractivity contribution is -0.137. The second kappa shape index (κ2) is 4.94. The molecule has 1 aliphatic carbocycles. The number of thioether (sulfide) groups is 1. The molecular formula is C11H10N2O2S. The molecule has 0 atom stereocenters. The van der Waals surface area contributed by atoms with Crippen molar-refractivity contribution < 1.29 is 9.53 Å². The third kappa shape index (κ3) is 2.49. The van der Waals surface area contributed by atoms with Crippen LogP contribution in [0.15, 0.2) is 35.5 Å². The minimum atomic E-state index is -0.274. The number of nitrogens with zero attached hydrogens (tertiary/aromatic N) is 2. The van der Waals surface area contributed by atoms with Crippen LogP contribution in [0.2, 0.25) is 0 Å². The lowest BCUT2D eigenvalue weighted by Crippen LogP contribution is -2.02. The first-order valence-electron chi connectivity index (χ1n) is 4.72. The molecule has 5 heteroatoms. The topological polar surface area (TPSA) is 52.1 Å². The fourth-order valence-corrected chi connectivity index (χ4v) is 1.89. The first kappa shape index (κ1) is 10.9. The summed E-state index contributed by atoms with van der Waals surface area (Å²) in [6.45, 7) is 0. The average Bonchev–Trinajstić information content (AvgIpc) is 2.56. The van der Waals surface area contributed by atoms with Gasteiger partial charge in [0.15, 0.2) is 5.16 Å². The minimum Gasteiger partial charge on any atom is -0.468 e. The van der Waals surface area contributed by atoms with Gasteiger partial charge >= 0.3 is 5.97 Å². The van der Waals surface area contributed by atoms with Crippen molar-refractivity contribution in [2.45, 2.75) is 5.16 Å². The number of imidazole rings is 1. The van der Waals surface area contributed by atoms with Crippen LogP contribution in [-0.2, 0) is 9.53 Å². The Bertz CT molecular complexity index is 445. The number of hydrogen-bond donors (Lipinski definition) is 0. The van der Waals surface area contributed by atoms with E-state index in [1.54, 1.807) is 0 Å². The van der Waals surface area contributed by atoms with Gasteiger partial charge in [-0.1, -0.05) is 30.0 Å². The van der Waals surface area contributed by atoms with Gasteiger partial charge in [0, 0.05) is 0 Å². The van der Waals surface area contributed by atoms with Crippen LogP contribution in [0.1, 0.15) is 0 Å². The van der Waals surface area contributed by atoms with E-state index in [4.69, 9.17) is 0 Å². The van der Waals surface area contributed by atoms with Crippen molar-refractivity contribution in [2.24, 2.45) is 0 Å². The number of ether oxygens (including phenoxy) is 1. The summed E-state index contributed by atoms with van der Waals surface area (Å²) < 4.78 is 4.55. The van der Waals surface area contributed by atoms with Crippen molar-refractivity contribution in [1.82, 2.24) is 9.97 Å². The summed E-state index contributed by atoms with van der Waals surface area (Å²) in [4.78, 5) is 19.6. The van der Waals surface area contributed by atoms with Gasteiger partial charge < -0.3 is 4.74 Å². The van der Waals surface area contributed by atoms with E-state index in [1.165, 1.54) is 18.9 Å². The van der Waals surface area contributed by atoms with Gasteiger partial charge in [0.2, 0.25) is 0 Å². The van der Waals surface area contributed by atoms with Crippen LogP contribution in [0.25, 0.3) is 11.4 Å². The maximum absolute atomic E-state index is 11.0. The van der Waals surface area contributed by atoms with Crippen LogP contribution in [0.4, 0.5) is 0 Å². The quantitative estimate of drug-likeness (QED) is 0.599. The van der Waals surface area contributed by atoms with E-state index in [1.807, 2.05) is 30.3 Å². The van der Waals surface area contributed by atoms with E-state index < -0.39 is 0 Å². The molecule has 0 aromatic heterocycles. The van der Waals surface area contributed by atoms with Gasteiger partial charge in [0.05, 0.1) is 24.3 Å². The van der Waals surface area contributed by atoms with Crippen LogP contribution in [-0.4, -0.2) is 28.8 Å². The fourth-order valence-electron chi connectivity index (χ4n) is 1.20. The Morgan fingerprint density at radius 3 is 2.44 bits per heavy atom. The Hall–Kier alpha value is -1.62. The standard InChI is InChI=1S/C11H10N2O2S/c1-15-10(14)7-16-11-12-8-5-3-2-4-6-9(8)13-11/h2-6H,7H2,1H3. The number of carbonyl (C=O) groups excluding carboxylic acids is 1. The van der Waals surface area contributed by atoms with Gasteiger partial charge in [-0.15, -0.1) is 0 Å². The van der Waals surface area contributed by atoms with Crippen molar-refractivity contribution in [3.63, 3.8) is 0 Å². The van der Waals surface area contributed by atoms with Gasteiger partial charge in [0.25, 0.3) is 0 Å². The van der Waals surface area contributed by atoms with Gasteiger partial charge in [-0.05, 0) is 12.1 Å². The van der Waals surface area contributed by atoms with Crippen LogP contribution in [0, 0.1) is 0 Å². The van der Waals surface area contributed by atoms with E-state index >= 15 is 0 Å². The molecule has 0 N–H and O–H groups in total. The molecule has 4 nitrogen and oxygen atoms in total. The summed E-state index contributed by atoms with van der Waals surface area (Å²) >= 11 is 1.28. The maximum Gasteiger partial charge on any atom is 0.316 e. The normalized spacial score (nSPS) is 10.3. The summed E-state index contributed by atoms with van der Waals surface area (Å²) in [5, 5.41) is 0.603. The Labute approximate surface area is 97.4 Å². The molecule has 0 amide bonds. The molecular weight excluding hydrogens is 224 g/mol. The predicted molar refractivity (Wildman–Crippen MR) is 61.4 cm³/mol. The van der Waals surface area contributed by atoms with E-state index in [2.05, 4.69) is 14.7 Å². The Kier molecular flexibility index (Phi) is 3.36. The number of carbonyl (C=O) groups is 1. The molecule has 0 saturated carbocycles. The number of fused-ring (bicyclic) bond motifs is 1. The molecule has 0 radical (unpaired) electrons. The third-order valence-electron chi connectivity index (χ3n) is 1.97. The second-order valence-corrected chi connectivity index (χ2v) is 3.99.